The fraction of sp³-hybridized carbons (Fsp3) is 0.172. The maximum atomic E-state index is 12.7. The summed E-state index contributed by atoms with van der Waals surface area (Å²) < 4.78 is 2.72. The van der Waals surface area contributed by atoms with Gasteiger partial charge in [-0.15, -0.1) is 0 Å². The lowest BCUT2D eigenvalue weighted by Crippen LogP contribution is -2.18. The second kappa shape index (κ2) is 10.1. The minimum absolute atomic E-state index is 0.274. The number of carboxylic acid groups (broad SMARTS) is 1. The van der Waals surface area contributed by atoms with Crippen LogP contribution in [0.25, 0.3) is 27.2 Å². The van der Waals surface area contributed by atoms with Gasteiger partial charge in [0.1, 0.15) is 5.56 Å². The van der Waals surface area contributed by atoms with Crippen molar-refractivity contribution >= 4 is 38.3 Å². The third kappa shape index (κ3) is 4.76. The Morgan fingerprint density at radius 2 is 1.79 bits per heavy atom. The van der Waals surface area contributed by atoms with Crippen LogP contribution in [0.2, 0.25) is 0 Å². The molecule has 0 atom stereocenters. The molecule has 0 aliphatic carbocycles. The Morgan fingerprint density at radius 1 is 1.00 bits per heavy atom. The standard InChI is InChI=1S/C29H25N5O3S/c35-26-16-25(19-6-8-21(9-7-19)33-13-3-4-14-33)34(18-23(26)28(36)37)22-10-11-24-27(15-22)38-29(32-24)31-17-20-5-1-2-12-30-20/h1-2,5-12,15-16,18H,3-4,13-14,17H2,(H,31,32)(H,36,37). The molecule has 5 aromatic rings. The van der Waals surface area contributed by atoms with E-state index in [2.05, 4.69) is 32.3 Å². The van der Waals surface area contributed by atoms with E-state index in [1.807, 2.05) is 48.5 Å². The van der Waals surface area contributed by atoms with Gasteiger partial charge < -0.3 is 19.9 Å². The average molecular weight is 524 g/mol. The van der Waals surface area contributed by atoms with E-state index in [0.717, 1.165) is 51.1 Å². The Hall–Kier alpha value is -4.50. The number of thiazole rings is 1. The van der Waals surface area contributed by atoms with Crippen molar-refractivity contribution in [3.8, 4) is 16.9 Å². The molecule has 1 aliphatic rings. The summed E-state index contributed by atoms with van der Waals surface area (Å²) in [5.41, 5.74) is 4.32. The number of anilines is 2. The van der Waals surface area contributed by atoms with Crippen molar-refractivity contribution in [2.24, 2.45) is 0 Å². The molecule has 0 amide bonds. The van der Waals surface area contributed by atoms with Crippen molar-refractivity contribution in [2.45, 2.75) is 19.4 Å². The van der Waals surface area contributed by atoms with Crippen LogP contribution >= 0.6 is 11.3 Å². The number of aromatic nitrogens is 3. The molecule has 0 spiro atoms. The van der Waals surface area contributed by atoms with E-state index in [-0.39, 0.29) is 5.56 Å². The molecule has 0 saturated carbocycles. The van der Waals surface area contributed by atoms with Crippen molar-refractivity contribution in [1.29, 1.82) is 0 Å². The van der Waals surface area contributed by atoms with Crippen molar-refractivity contribution in [2.75, 3.05) is 23.3 Å². The molecule has 2 N–H and O–H groups in total. The molecule has 1 saturated heterocycles. The van der Waals surface area contributed by atoms with Crippen LogP contribution in [-0.2, 0) is 6.54 Å². The second-order valence-electron chi connectivity index (χ2n) is 9.20. The number of hydrogen-bond donors (Lipinski definition) is 2. The highest BCUT2D eigenvalue weighted by Crippen LogP contribution is 2.31. The fourth-order valence-corrected chi connectivity index (χ4v) is 5.65. The number of aromatic carboxylic acids is 1. The van der Waals surface area contributed by atoms with Gasteiger partial charge in [-0.25, -0.2) is 9.78 Å². The molecule has 6 rings (SSSR count). The summed E-state index contributed by atoms with van der Waals surface area (Å²) in [5, 5.41) is 13.7. The van der Waals surface area contributed by atoms with Gasteiger partial charge in [0.15, 0.2) is 10.6 Å². The number of rotatable bonds is 7. The van der Waals surface area contributed by atoms with Crippen LogP contribution in [-0.4, -0.2) is 38.7 Å². The molecule has 1 fully saturated rings. The third-order valence-corrected chi connectivity index (χ3v) is 7.69. The van der Waals surface area contributed by atoms with Gasteiger partial charge in [0.05, 0.1) is 28.1 Å². The normalized spacial score (nSPS) is 13.2. The first-order valence-electron chi connectivity index (χ1n) is 12.5. The maximum Gasteiger partial charge on any atom is 0.341 e. The average Bonchev–Trinajstić information content (AvgIpc) is 3.62. The Kier molecular flexibility index (Phi) is 6.35. The van der Waals surface area contributed by atoms with Crippen LogP contribution in [0.3, 0.4) is 0 Å². The number of pyridine rings is 2. The number of carbonyl (C=O) groups is 1. The first kappa shape index (κ1) is 23.9. The van der Waals surface area contributed by atoms with Crippen molar-refractivity contribution in [3.05, 3.63) is 101 Å². The Bertz CT molecular complexity index is 1670. The van der Waals surface area contributed by atoms with Crippen LogP contribution in [0.15, 0.2) is 83.9 Å². The van der Waals surface area contributed by atoms with E-state index in [9.17, 15) is 14.7 Å². The molecular weight excluding hydrogens is 498 g/mol. The number of carboxylic acids is 1. The van der Waals surface area contributed by atoms with Gasteiger partial charge in [-0.05, 0) is 60.9 Å². The summed E-state index contributed by atoms with van der Waals surface area (Å²) in [7, 11) is 0. The van der Waals surface area contributed by atoms with E-state index in [1.165, 1.54) is 36.4 Å². The third-order valence-electron chi connectivity index (χ3n) is 6.71. The van der Waals surface area contributed by atoms with Gasteiger partial charge in [-0.1, -0.05) is 29.5 Å². The van der Waals surface area contributed by atoms with E-state index >= 15 is 0 Å². The number of nitrogens with zero attached hydrogens (tertiary/aromatic N) is 4. The predicted molar refractivity (Wildman–Crippen MR) is 151 cm³/mol. The zero-order valence-corrected chi connectivity index (χ0v) is 21.3. The van der Waals surface area contributed by atoms with Gasteiger partial charge in [-0.3, -0.25) is 9.78 Å². The summed E-state index contributed by atoms with van der Waals surface area (Å²) in [6, 6.07) is 21.1. The zero-order valence-electron chi connectivity index (χ0n) is 20.5. The van der Waals surface area contributed by atoms with E-state index in [4.69, 9.17) is 0 Å². The SMILES string of the molecule is O=C(O)c1cn(-c2ccc3nc(NCc4ccccn4)sc3c2)c(-c2ccc(N3CCCC3)cc2)cc1=O. The molecular formula is C29H25N5O3S. The minimum Gasteiger partial charge on any atom is -0.477 e. The maximum absolute atomic E-state index is 12.7. The first-order valence-corrected chi connectivity index (χ1v) is 13.3. The van der Waals surface area contributed by atoms with Crippen molar-refractivity contribution < 1.29 is 9.90 Å². The molecule has 0 radical (unpaired) electrons. The van der Waals surface area contributed by atoms with Crippen molar-refractivity contribution in [3.63, 3.8) is 0 Å². The largest absolute Gasteiger partial charge is 0.477 e. The summed E-state index contributed by atoms with van der Waals surface area (Å²) in [6.45, 7) is 2.66. The number of fused-ring (bicyclic) bond motifs is 1. The van der Waals surface area contributed by atoms with Crippen molar-refractivity contribution in [1.82, 2.24) is 14.5 Å². The predicted octanol–water partition coefficient (Wildman–Crippen LogP) is 5.42. The van der Waals surface area contributed by atoms with Gasteiger partial charge >= 0.3 is 5.97 Å². The molecule has 1 aliphatic heterocycles. The summed E-state index contributed by atoms with van der Waals surface area (Å²) in [6.07, 6.45) is 5.56. The molecule has 2 aromatic carbocycles. The molecule has 9 heteroatoms. The molecule has 0 bridgehead atoms. The highest BCUT2D eigenvalue weighted by atomic mass is 32.1. The Balaban J connectivity index is 1.37. The van der Waals surface area contributed by atoms with Crippen LogP contribution in [0, 0.1) is 0 Å². The van der Waals surface area contributed by atoms with Crippen LogP contribution in [0.5, 0.6) is 0 Å². The minimum atomic E-state index is -1.25. The molecule has 190 valence electrons. The van der Waals surface area contributed by atoms with E-state index < -0.39 is 11.4 Å². The topological polar surface area (TPSA) is 100 Å². The first-order chi connectivity index (χ1) is 18.5. The lowest BCUT2D eigenvalue weighted by molar-refractivity contribution is 0.0695. The highest BCUT2D eigenvalue weighted by molar-refractivity contribution is 7.22. The Morgan fingerprint density at radius 3 is 2.53 bits per heavy atom. The van der Waals surface area contributed by atoms with Gasteiger partial charge in [0.2, 0.25) is 0 Å². The summed E-state index contributed by atoms with van der Waals surface area (Å²) in [4.78, 5) is 35.9. The molecule has 3 aromatic heterocycles. The lowest BCUT2D eigenvalue weighted by atomic mass is 10.1. The zero-order chi connectivity index (χ0) is 26.1. The number of hydrogen-bond acceptors (Lipinski definition) is 7. The molecule has 38 heavy (non-hydrogen) atoms. The van der Waals surface area contributed by atoms with Gasteiger partial charge in [-0.2, -0.15) is 0 Å². The molecule has 4 heterocycles. The van der Waals surface area contributed by atoms with E-state index in [1.54, 1.807) is 10.8 Å². The molecule has 8 nitrogen and oxygen atoms in total. The fourth-order valence-electron chi connectivity index (χ4n) is 4.76. The Labute approximate surface area is 222 Å². The second-order valence-corrected chi connectivity index (χ2v) is 10.2. The van der Waals surface area contributed by atoms with Gasteiger partial charge in [0, 0.05) is 42.9 Å². The van der Waals surface area contributed by atoms with Crippen LogP contribution in [0.4, 0.5) is 10.8 Å². The summed E-state index contributed by atoms with van der Waals surface area (Å²) in [5.74, 6) is -1.25. The molecule has 0 unspecified atom stereocenters. The number of nitrogens with one attached hydrogen (secondary N) is 1. The summed E-state index contributed by atoms with van der Waals surface area (Å²) >= 11 is 1.51. The van der Waals surface area contributed by atoms with E-state index in [0.29, 0.717) is 12.2 Å². The van der Waals surface area contributed by atoms with Gasteiger partial charge in [0.25, 0.3) is 0 Å². The monoisotopic (exact) mass is 523 g/mol. The number of benzene rings is 2. The smallest absolute Gasteiger partial charge is 0.341 e. The van der Waals surface area contributed by atoms with Crippen LogP contribution < -0.4 is 15.6 Å². The van der Waals surface area contributed by atoms with Crippen LogP contribution in [0.1, 0.15) is 28.9 Å². The quantitative estimate of drug-likeness (QED) is 0.294. The highest BCUT2D eigenvalue weighted by Gasteiger charge is 2.17. The lowest BCUT2D eigenvalue weighted by Gasteiger charge is -2.19.